The molecule has 120 valence electrons. The lowest BCUT2D eigenvalue weighted by molar-refractivity contribution is 0.0620. The van der Waals surface area contributed by atoms with Crippen molar-refractivity contribution in [2.24, 2.45) is 4.99 Å². The Balaban J connectivity index is 1.89. The fourth-order valence-corrected chi connectivity index (χ4v) is 2.60. The number of amidine groups is 1. The largest absolute Gasteiger partial charge is 0.497 e. The summed E-state index contributed by atoms with van der Waals surface area (Å²) in [4.78, 5) is 14.6. The number of halogens is 1. The summed E-state index contributed by atoms with van der Waals surface area (Å²) in [5.41, 5.74) is 4.53. The highest BCUT2D eigenvalue weighted by molar-refractivity contribution is 9.10. The number of nitrogens with one attached hydrogen (secondary N) is 1. The van der Waals surface area contributed by atoms with Crippen molar-refractivity contribution in [3.63, 3.8) is 0 Å². The number of hydrogen-bond acceptors (Lipinski definition) is 6. The lowest BCUT2D eigenvalue weighted by atomic mass is 10.1. The van der Waals surface area contributed by atoms with Gasteiger partial charge in [-0.05, 0) is 45.8 Å². The van der Waals surface area contributed by atoms with Gasteiger partial charge in [-0.3, -0.25) is 9.83 Å². The molecule has 0 bridgehead atoms. The number of aliphatic imine (C=N–C) groups is 1. The number of ether oxygens (including phenoxy) is 2. The second-order valence-electron chi connectivity index (χ2n) is 4.87. The Hall–Kier alpha value is -2.12. The zero-order valence-corrected chi connectivity index (χ0v) is 14.3. The van der Waals surface area contributed by atoms with Gasteiger partial charge in [0, 0.05) is 0 Å². The van der Waals surface area contributed by atoms with Crippen molar-refractivity contribution in [2.45, 2.75) is 6.04 Å². The van der Waals surface area contributed by atoms with Crippen LogP contribution in [0, 0.1) is 0 Å². The SMILES string of the molecule is COc1ccc(C2CONC(c3ccc(Br)c(OC)n3)=N2)cc1. The van der Waals surface area contributed by atoms with E-state index in [4.69, 9.17) is 14.3 Å². The molecule has 0 saturated carbocycles. The molecule has 0 saturated heterocycles. The summed E-state index contributed by atoms with van der Waals surface area (Å²) in [5, 5.41) is 0. The first kappa shape index (κ1) is 15.8. The molecule has 1 aliphatic heterocycles. The molecular formula is C16H16BrN3O3. The van der Waals surface area contributed by atoms with Gasteiger partial charge in [-0.2, -0.15) is 0 Å². The van der Waals surface area contributed by atoms with Crippen LogP contribution >= 0.6 is 15.9 Å². The number of nitrogens with zero attached hydrogens (tertiary/aromatic N) is 2. The van der Waals surface area contributed by atoms with Crippen molar-refractivity contribution in [1.82, 2.24) is 10.5 Å². The molecule has 23 heavy (non-hydrogen) atoms. The van der Waals surface area contributed by atoms with Crippen LogP contribution in [-0.4, -0.2) is 31.6 Å². The fraction of sp³-hybridized carbons (Fsp3) is 0.250. The topological polar surface area (TPSA) is 65.0 Å². The third-order valence-electron chi connectivity index (χ3n) is 3.45. The van der Waals surface area contributed by atoms with E-state index in [0.29, 0.717) is 24.0 Å². The summed E-state index contributed by atoms with van der Waals surface area (Å²) in [6, 6.07) is 11.4. The van der Waals surface area contributed by atoms with Crippen LogP contribution in [0.15, 0.2) is 45.9 Å². The Morgan fingerprint density at radius 1 is 1.13 bits per heavy atom. The number of rotatable bonds is 4. The van der Waals surface area contributed by atoms with Gasteiger partial charge >= 0.3 is 0 Å². The average Bonchev–Trinajstić information content (AvgIpc) is 2.62. The first-order chi connectivity index (χ1) is 11.2. The lowest BCUT2D eigenvalue weighted by Crippen LogP contribution is -2.33. The molecule has 1 N–H and O–H groups in total. The van der Waals surface area contributed by atoms with Crippen LogP contribution in [-0.2, 0) is 4.84 Å². The molecule has 1 atom stereocenters. The quantitative estimate of drug-likeness (QED) is 0.887. The first-order valence-corrected chi connectivity index (χ1v) is 7.81. The highest BCUT2D eigenvalue weighted by Crippen LogP contribution is 2.25. The van der Waals surface area contributed by atoms with E-state index in [9.17, 15) is 0 Å². The van der Waals surface area contributed by atoms with Crippen LogP contribution in [0.1, 0.15) is 17.3 Å². The van der Waals surface area contributed by atoms with Crippen molar-refractivity contribution >= 4 is 21.8 Å². The number of benzene rings is 1. The Morgan fingerprint density at radius 2 is 1.91 bits per heavy atom. The van der Waals surface area contributed by atoms with Crippen LogP contribution in [0.4, 0.5) is 0 Å². The van der Waals surface area contributed by atoms with E-state index in [1.165, 1.54) is 0 Å². The normalized spacial score (nSPS) is 17.2. The van der Waals surface area contributed by atoms with E-state index in [1.54, 1.807) is 14.2 Å². The average molecular weight is 378 g/mol. The van der Waals surface area contributed by atoms with E-state index in [-0.39, 0.29) is 6.04 Å². The van der Waals surface area contributed by atoms with E-state index < -0.39 is 0 Å². The fourth-order valence-electron chi connectivity index (χ4n) is 2.22. The molecule has 0 fully saturated rings. The predicted molar refractivity (Wildman–Crippen MR) is 89.8 cm³/mol. The third kappa shape index (κ3) is 3.46. The van der Waals surface area contributed by atoms with Crippen LogP contribution in [0.2, 0.25) is 0 Å². The minimum atomic E-state index is -0.103. The molecule has 2 aromatic rings. The standard InChI is InChI=1S/C16H16BrN3O3/c1-21-11-5-3-10(4-6-11)14-9-23-20-15(18-14)13-8-7-12(17)16(19-13)22-2/h3-8,14H,9H2,1-2H3,(H,18,20). The highest BCUT2D eigenvalue weighted by atomic mass is 79.9. The highest BCUT2D eigenvalue weighted by Gasteiger charge is 2.20. The van der Waals surface area contributed by atoms with Crippen LogP contribution in [0.25, 0.3) is 0 Å². The van der Waals surface area contributed by atoms with Gasteiger partial charge in [-0.1, -0.05) is 12.1 Å². The molecular weight excluding hydrogens is 362 g/mol. The zero-order chi connectivity index (χ0) is 16.2. The molecule has 6 nitrogen and oxygen atoms in total. The molecule has 0 spiro atoms. The van der Waals surface area contributed by atoms with Gasteiger partial charge < -0.3 is 9.47 Å². The van der Waals surface area contributed by atoms with Crippen LogP contribution in [0.3, 0.4) is 0 Å². The van der Waals surface area contributed by atoms with Gasteiger partial charge in [0.25, 0.3) is 0 Å². The molecule has 1 aromatic heterocycles. The molecule has 1 aliphatic rings. The number of aromatic nitrogens is 1. The molecule has 2 heterocycles. The lowest BCUT2D eigenvalue weighted by Gasteiger charge is -2.22. The minimum absolute atomic E-state index is 0.103. The van der Waals surface area contributed by atoms with Gasteiger partial charge in [0.2, 0.25) is 5.88 Å². The van der Waals surface area contributed by atoms with Crippen molar-refractivity contribution in [1.29, 1.82) is 0 Å². The summed E-state index contributed by atoms with van der Waals surface area (Å²) in [5.74, 6) is 1.88. The second-order valence-corrected chi connectivity index (χ2v) is 5.72. The van der Waals surface area contributed by atoms with Crippen molar-refractivity contribution in [3.05, 3.63) is 52.1 Å². The zero-order valence-electron chi connectivity index (χ0n) is 12.7. The Kier molecular flexibility index (Phi) is 4.78. The summed E-state index contributed by atoms with van der Waals surface area (Å²) in [7, 11) is 3.22. The van der Waals surface area contributed by atoms with Gasteiger partial charge in [0.1, 0.15) is 24.1 Å². The van der Waals surface area contributed by atoms with E-state index >= 15 is 0 Å². The van der Waals surface area contributed by atoms with E-state index in [0.717, 1.165) is 15.8 Å². The molecule has 0 radical (unpaired) electrons. The summed E-state index contributed by atoms with van der Waals surface area (Å²) in [6.07, 6.45) is 0. The molecule has 1 unspecified atom stereocenters. The summed E-state index contributed by atoms with van der Waals surface area (Å²) < 4.78 is 11.2. The van der Waals surface area contributed by atoms with Crippen molar-refractivity contribution < 1.29 is 14.3 Å². The maximum Gasteiger partial charge on any atom is 0.228 e. The Morgan fingerprint density at radius 3 is 2.61 bits per heavy atom. The second kappa shape index (κ2) is 6.97. The smallest absolute Gasteiger partial charge is 0.228 e. The van der Waals surface area contributed by atoms with Gasteiger partial charge in [0.05, 0.1) is 18.7 Å². The van der Waals surface area contributed by atoms with Crippen molar-refractivity contribution in [3.8, 4) is 11.6 Å². The Labute approximate surface area is 142 Å². The number of hydroxylamine groups is 1. The van der Waals surface area contributed by atoms with E-state index in [1.807, 2.05) is 36.4 Å². The summed E-state index contributed by atoms with van der Waals surface area (Å²) in [6.45, 7) is 0.448. The van der Waals surface area contributed by atoms with E-state index in [2.05, 4.69) is 31.4 Å². The molecule has 3 rings (SSSR count). The predicted octanol–water partition coefficient (Wildman–Crippen LogP) is 2.88. The van der Waals surface area contributed by atoms with Gasteiger partial charge in [-0.25, -0.2) is 10.5 Å². The monoisotopic (exact) mass is 377 g/mol. The number of methoxy groups -OCH3 is 2. The molecule has 7 heteroatoms. The first-order valence-electron chi connectivity index (χ1n) is 7.01. The Bertz CT molecular complexity index is 719. The minimum Gasteiger partial charge on any atom is -0.497 e. The van der Waals surface area contributed by atoms with Gasteiger partial charge in [-0.15, -0.1) is 0 Å². The molecule has 0 amide bonds. The number of hydrogen-bond donors (Lipinski definition) is 1. The molecule has 0 aliphatic carbocycles. The maximum absolute atomic E-state index is 5.46. The third-order valence-corrected chi connectivity index (χ3v) is 4.05. The number of pyridine rings is 1. The summed E-state index contributed by atoms with van der Waals surface area (Å²) >= 11 is 3.39. The van der Waals surface area contributed by atoms with Gasteiger partial charge in [0.15, 0.2) is 5.84 Å². The van der Waals surface area contributed by atoms with Crippen molar-refractivity contribution in [2.75, 3.05) is 20.8 Å². The van der Waals surface area contributed by atoms with Crippen LogP contribution < -0.4 is 15.0 Å². The maximum atomic E-state index is 5.46. The van der Waals surface area contributed by atoms with Crippen LogP contribution in [0.5, 0.6) is 11.6 Å². The molecule has 1 aromatic carbocycles.